The fourth-order valence-corrected chi connectivity index (χ4v) is 3.44. The number of hydrogen-bond acceptors (Lipinski definition) is 5. The highest BCUT2D eigenvalue weighted by Crippen LogP contribution is 2.31. The van der Waals surface area contributed by atoms with Gasteiger partial charge >= 0.3 is 5.97 Å². The number of rotatable bonds is 6. The number of methoxy groups -OCH3 is 2. The zero-order valence-corrected chi connectivity index (χ0v) is 15.1. The van der Waals surface area contributed by atoms with Gasteiger partial charge < -0.3 is 14.6 Å². The van der Waals surface area contributed by atoms with Crippen LogP contribution in [0.2, 0.25) is 0 Å². The number of halogens is 1. The van der Waals surface area contributed by atoms with Gasteiger partial charge in [-0.1, -0.05) is 0 Å². The molecule has 0 aliphatic carbocycles. The van der Waals surface area contributed by atoms with E-state index in [-0.39, 0.29) is 16.1 Å². The van der Waals surface area contributed by atoms with Crippen LogP contribution in [0, 0.1) is 0 Å². The largest absolute Gasteiger partial charge is 0.493 e. The topological polar surface area (TPSA) is 102 Å². The molecular weight excluding hydrogens is 402 g/mol. The van der Waals surface area contributed by atoms with Gasteiger partial charge in [-0.3, -0.25) is 4.72 Å². The molecule has 128 valence electrons. The SMILES string of the molecule is COc1ccc(NS(=O)(=O)c2ccc(Br)c(C(=O)O)c2)cc1OC. The lowest BCUT2D eigenvalue weighted by atomic mass is 10.2. The molecule has 2 rings (SSSR count). The van der Waals surface area contributed by atoms with E-state index in [9.17, 15) is 13.2 Å². The second-order valence-electron chi connectivity index (χ2n) is 4.62. The summed E-state index contributed by atoms with van der Waals surface area (Å²) in [6.45, 7) is 0. The van der Waals surface area contributed by atoms with Crippen LogP contribution in [-0.2, 0) is 10.0 Å². The van der Waals surface area contributed by atoms with Crippen molar-refractivity contribution in [2.24, 2.45) is 0 Å². The third kappa shape index (κ3) is 3.80. The summed E-state index contributed by atoms with van der Waals surface area (Å²) < 4.78 is 37.8. The summed E-state index contributed by atoms with van der Waals surface area (Å²) in [6, 6.07) is 8.28. The molecule has 2 aromatic rings. The van der Waals surface area contributed by atoms with E-state index >= 15 is 0 Å². The van der Waals surface area contributed by atoms with Gasteiger partial charge in [0.15, 0.2) is 11.5 Å². The van der Waals surface area contributed by atoms with Crippen molar-refractivity contribution >= 4 is 37.6 Å². The summed E-state index contributed by atoms with van der Waals surface area (Å²) in [6.07, 6.45) is 0. The van der Waals surface area contributed by atoms with Crippen molar-refractivity contribution < 1.29 is 27.8 Å². The Morgan fingerprint density at radius 3 is 2.33 bits per heavy atom. The molecule has 0 radical (unpaired) electrons. The van der Waals surface area contributed by atoms with Crippen LogP contribution in [0.15, 0.2) is 45.8 Å². The molecule has 7 nitrogen and oxygen atoms in total. The Balaban J connectivity index is 2.39. The van der Waals surface area contributed by atoms with Crippen LogP contribution < -0.4 is 14.2 Å². The molecule has 0 fully saturated rings. The number of carboxylic acids is 1. The minimum Gasteiger partial charge on any atom is -0.493 e. The van der Waals surface area contributed by atoms with Gasteiger partial charge in [0.25, 0.3) is 10.0 Å². The van der Waals surface area contributed by atoms with E-state index in [4.69, 9.17) is 14.6 Å². The van der Waals surface area contributed by atoms with Gasteiger partial charge in [0.05, 0.1) is 30.4 Å². The normalized spacial score (nSPS) is 11.0. The lowest BCUT2D eigenvalue weighted by Crippen LogP contribution is -2.14. The van der Waals surface area contributed by atoms with Crippen molar-refractivity contribution in [2.45, 2.75) is 4.90 Å². The smallest absolute Gasteiger partial charge is 0.336 e. The molecule has 0 amide bonds. The summed E-state index contributed by atoms with van der Waals surface area (Å²) in [5, 5.41) is 9.10. The number of benzene rings is 2. The first-order valence-corrected chi connectivity index (χ1v) is 8.84. The van der Waals surface area contributed by atoms with Gasteiger partial charge in [-0.05, 0) is 46.3 Å². The quantitative estimate of drug-likeness (QED) is 0.751. The number of ether oxygens (including phenoxy) is 2. The zero-order valence-electron chi connectivity index (χ0n) is 12.7. The summed E-state index contributed by atoms with van der Waals surface area (Å²) >= 11 is 3.07. The van der Waals surface area contributed by atoms with Crippen molar-refractivity contribution in [1.82, 2.24) is 0 Å². The molecule has 24 heavy (non-hydrogen) atoms. The molecule has 0 spiro atoms. The zero-order chi connectivity index (χ0) is 17.9. The highest BCUT2D eigenvalue weighted by molar-refractivity contribution is 9.10. The lowest BCUT2D eigenvalue weighted by Gasteiger charge is -2.12. The second kappa shape index (κ2) is 7.10. The Morgan fingerprint density at radius 2 is 1.75 bits per heavy atom. The van der Waals surface area contributed by atoms with Crippen molar-refractivity contribution in [3.8, 4) is 11.5 Å². The molecule has 0 heterocycles. The number of anilines is 1. The summed E-state index contributed by atoms with van der Waals surface area (Å²) in [5.74, 6) is -0.415. The first-order valence-electron chi connectivity index (χ1n) is 6.56. The number of hydrogen-bond donors (Lipinski definition) is 2. The maximum absolute atomic E-state index is 12.5. The van der Waals surface area contributed by atoms with Crippen LogP contribution in [0.1, 0.15) is 10.4 Å². The standard InChI is InChI=1S/C15H14BrNO6S/c1-22-13-6-3-9(7-14(13)23-2)17-24(20,21)10-4-5-12(16)11(8-10)15(18)19/h3-8,17H,1-2H3,(H,18,19). The molecule has 2 N–H and O–H groups in total. The van der Waals surface area contributed by atoms with E-state index < -0.39 is 16.0 Å². The molecule has 0 bridgehead atoms. The average molecular weight is 416 g/mol. The predicted octanol–water partition coefficient (Wildman–Crippen LogP) is 2.97. The molecule has 0 aliphatic rings. The van der Waals surface area contributed by atoms with Gasteiger partial charge in [-0.25, -0.2) is 13.2 Å². The van der Waals surface area contributed by atoms with E-state index in [1.165, 1.54) is 38.5 Å². The Morgan fingerprint density at radius 1 is 1.08 bits per heavy atom. The number of carboxylic acid groups (broad SMARTS) is 1. The monoisotopic (exact) mass is 415 g/mol. The molecule has 0 atom stereocenters. The molecule has 0 saturated heterocycles. The van der Waals surface area contributed by atoms with Crippen molar-refractivity contribution in [3.63, 3.8) is 0 Å². The van der Waals surface area contributed by atoms with E-state index in [0.717, 1.165) is 6.07 Å². The fraction of sp³-hybridized carbons (Fsp3) is 0.133. The van der Waals surface area contributed by atoms with Crippen LogP contribution in [-0.4, -0.2) is 33.7 Å². The number of nitrogens with one attached hydrogen (secondary N) is 1. The molecule has 0 saturated carbocycles. The van der Waals surface area contributed by atoms with E-state index in [0.29, 0.717) is 16.0 Å². The van der Waals surface area contributed by atoms with Crippen molar-refractivity contribution in [3.05, 3.63) is 46.4 Å². The summed E-state index contributed by atoms with van der Waals surface area (Å²) in [7, 11) is -1.06. The highest BCUT2D eigenvalue weighted by atomic mass is 79.9. The van der Waals surface area contributed by atoms with Crippen LogP contribution in [0.5, 0.6) is 11.5 Å². The Hall–Kier alpha value is -2.26. The molecule has 0 unspecified atom stereocenters. The van der Waals surface area contributed by atoms with Gasteiger partial charge in [0, 0.05) is 10.5 Å². The predicted molar refractivity (Wildman–Crippen MR) is 91.5 cm³/mol. The second-order valence-corrected chi connectivity index (χ2v) is 7.16. The number of sulfonamides is 1. The Bertz CT molecular complexity index is 882. The van der Waals surface area contributed by atoms with Gasteiger partial charge in [0.2, 0.25) is 0 Å². The molecular formula is C15H14BrNO6S. The maximum Gasteiger partial charge on any atom is 0.336 e. The third-order valence-corrected chi connectivity index (χ3v) is 5.18. The highest BCUT2D eigenvalue weighted by Gasteiger charge is 2.19. The molecule has 9 heteroatoms. The minimum absolute atomic E-state index is 0.148. The third-order valence-electron chi connectivity index (χ3n) is 3.11. The molecule has 2 aromatic carbocycles. The van der Waals surface area contributed by atoms with E-state index in [1.54, 1.807) is 6.07 Å². The van der Waals surface area contributed by atoms with Gasteiger partial charge in [-0.15, -0.1) is 0 Å². The number of aromatic carboxylic acids is 1. The summed E-state index contributed by atoms with van der Waals surface area (Å²) in [5.41, 5.74) is 0.109. The van der Waals surface area contributed by atoms with Gasteiger partial charge in [-0.2, -0.15) is 0 Å². The van der Waals surface area contributed by atoms with E-state index in [1.807, 2.05) is 0 Å². The Labute approximate surface area is 147 Å². The molecule has 0 aliphatic heterocycles. The van der Waals surface area contributed by atoms with Gasteiger partial charge in [0.1, 0.15) is 0 Å². The minimum atomic E-state index is -3.96. The van der Waals surface area contributed by atoms with Crippen LogP contribution in [0.25, 0.3) is 0 Å². The lowest BCUT2D eigenvalue weighted by molar-refractivity contribution is 0.0695. The maximum atomic E-state index is 12.5. The summed E-state index contributed by atoms with van der Waals surface area (Å²) in [4.78, 5) is 11.0. The van der Waals surface area contributed by atoms with Crippen LogP contribution in [0.4, 0.5) is 5.69 Å². The first kappa shape index (κ1) is 18.1. The number of carbonyl (C=O) groups is 1. The fourth-order valence-electron chi connectivity index (χ4n) is 1.95. The average Bonchev–Trinajstić information content (AvgIpc) is 2.54. The van der Waals surface area contributed by atoms with Crippen LogP contribution >= 0.6 is 15.9 Å². The van der Waals surface area contributed by atoms with Crippen molar-refractivity contribution in [1.29, 1.82) is 0 Å². The van der Waals surface area contributed by atoms with Crippen LogP contribution in [0.3, 0.4) is 0 Å². The Kier molecular flexibility index (Phi) is 5.35. The first-order chi connectivity index (χ1) is 11.3. The van der Waals surface area contributed by atoms with E-state index in [2.05, 4.69) is 20.7 Å². The van der Waals surface area contributed by atoms with Crippen molar-refractivity contribution in [2.75, 3.05) is 18.9 Å². The molecule has 0 aromatic heterocycles.